The summed E-state index contributed by atoms with van der Waals surface area (Å²) in [4.78, 5) is 0. The van der Waals surface area contributed by atoms with E-state index >= 15 is 0 Å². The van der Waals surface area contributed by atoms with E-state index in [1.807, 2.05) is 42.5 Å². The second-order valence-corrected chi connectivity index (χ2v) is 16.4. The number of rotatable bonds is 6. The Kier molecular flexibility index (Phi) is 18.9. The summed E-state index contributed by atoms with van der Waals surface area (Å²) < 4.78 is 0. The predicted octanol–water partition coefficient (Wildman–Crippen LogP) is 3.17. The zero-order chi connectivity index (χ0) is 22.3. The minimum Gasteiger partial charge on any atom is -1.00 e. The van der Waals surface area contributed by atoms with Gasteiger partial charge in [0.05, 0.1) is 0 Å². The van der Waals surface area contributed by atoms with E-state index in [2.05, 4.69) is 92.3 Å². The molecule has 0 amide bonds. The summed E-state index contributed by atoms with van der Waals surface area (Å²) in [6, 6.07) is 33.6. The van der Waals surface area contributed by atoms with Gasteiger partial charge in [0.25, 0.3) is 6.69 Å². The topological polar surface area (TPSA) is 0 Å². The molecule has 3 aromatic rings. The van der Waals surface area contributed by atoms with Crippen molar-refractivity contribution in [3.63, 3.8) is 0 Å². The zero-order valence-electron chi connectivity index (χ0n) is 18.1. The third kappa shape index (κ3) is 11.1. The summed E-state index contributed by atoms with van der Waals surface area (Å²) in [5.74, 6) is 0. The number of hydrogen-bond acceptors (Lipinski definition) is 0. The van der Waals surface area contributed by atoms with Gasteiger partial charge in [0.15, 0.2) is 8.07 Å². The largest absolute Gasteiger partial charge is 2.00 e. The summed E-state index contributed by atoms with van der Waals surface area (Å²) in [5.41, 5.74) is 7.27. The van der Waals surface area contributed by atoms with Crippen LogP contribution in [-0.2, 0) is 0 Å². The van der Waals surface area contributed by atoms with Gasteiger partial charge in [0.1, 0.15) is 0 Å². The van der Waals surface area contributed by atoms with Crippen LogP contribution in [0.4, 0.5) is 0 Å². The summed E-state index contributed by atoms with van der Waals surface area (Å²) in [7, 11) is -1.97. The van der Waals surface area contributed by atoms with Crippen LogP contribution in [0.25, 0.3) is 0 Å². The van der Waals surface area contributed by atoms with Crippen LogP contribution in [0.1, 0.15) is 0 Å². The van der Waals surface area contributed by atoms with Gasteiger partial charge in [-0.3, -0.25) is 0 Å². The molecule has 0 atom stereocenters. The molecule has 0 N–H and O–H groups in total. The second-order valence-electron chi connectivity index (χ2n) is 6.17. The van der Waals surface area contributed by atoms with Crippen LogP contribution in [0.3, 0.4) is 0 Å². The van der Waals surface area contributed by atoms with Gasteiger partial charge in [-0.25, -0.2) is 0 Å². The summed E-state index contributed by atoms with van der Waals surface area (Å²) in [6.45, 7) is 12.8. The molecule has 0 spiro atoms. The molecule has 0 aliphatic heterocycles. The number of benzene rings is 3. The Morgan fingerprint density at radius 1 is 0.594 bits per heavy atom. The molecular weight excluding hydrogens is 544 g/mol. The van der Waals surface area contributed by atoms with Gasteiger partial charge < -0.3 is 17.0 Å². The van der Waals surface area contributed by atoms with E-state index in [1.54, 1.807) is 11.4 Å². The van der Waals surface area contributed by atoms with Gasteiger partial charge in [-0.1, -0.05) is 83.5 Å². The van der Waals surface area contributed by atoms with Crippen molar-refractivity contribution in [1.82, 2.24) is 0 Å². The minimum absolute atomic E-state index is 0. The molecule has 3 aromatic carbocycles. The van der Waals surface area contributed by atoms with E-state index in [-0.39, 0.29) is 40.0 Å². The molecule has 0 heterocycles. The third-order valence-corrected chi connectivity index (χ3v) is 11.1. The Balaban J connectivity index is 0. The van der Waals surface area contributed by atoms with Crippen LogP contribution in [0.5, 0.6) is 0 Å². The Morgan fingerprint density at radius 3 is 1.12 bits per heavy atom. The fourth-order valence-electron chi connectivity index (χ4n) is 2.57. The van der Waals surface area contributed by atoms with Crippen molar-refractivity contribution in [3.8, 4) is 0 Å². The average Bonchev–Trinajstić information content (AvgIpc) is 2.84. The fraction of sp³-hybridized carbons (Fsp3) is 0. The molecule has 0 saturated carbocycles. The first-order chi connectivity index (χ1) is 14.5. The Labute approximate surface area is 231 Å². The van der Waals surface area contributed by atoms with Crippen LogP contribution in [0.15, 0.2) is 140 Å². The molecule has 0 radical (unpaired) electrons. The van der Waals surface area contributed by atoms with E-state index < -0.39 is 14.8 Å². The molecule has 0 saturated heterocycles. The summed E-state index contributed by atoms with van der Waals surface area (Å²) in [6.07, 6.45) is 0. The molecule has 0 fully saturated rings. The minimum atomic E-state index is -2.18. The molecule has 0 aliphatic rings. The molecule has 3 rings (SSSR count). The number of halogens is 3. The third-order valence-electron chi connectivity index (χ3n) is 4.30. The predicted molar refractivity (Wildman–Crippen MR) is 147 cm³/mol. The van der Waals surface area contributed by atoms with Crippen LogP contribution in [-0.4, -0.2) is 37.8 Å². The quantitative estimate of drug-likeness (QED) is 0.243. The molecular formula is C26H27BrCl2MgSi2. The number of hydrogen-bond donors (Lipinski definition) is 0. The van der Waals surface area contributed by atoms with Gasteiger partial charge in [-0.2, -0.15) is 36.4 Å². The van der Waals surface area contributed by atoms with Gasteiger partial charge in [-0.05, 0) is 10.4 Å². The zero-order valence-corrected chi connectivity index (χ0v) is 24.7. The molecule has 162 valence electrons. The van der Waals surface area contributed by atoms with Crippen molar-refractivity contribution in [1.29, 1.82) is 0 Å². The first kappa shape index (κ1) is 33.1. The van der Waals surface area contributed by atoms with Crippen molar-refractivity contribution in [2.75, 3.05) is 0 Å². The van der Waals surface area contributed by atoms with Crippen LogP contribution >= 0.6 is 22.2 Å². The molecule has 0 aliphatic carbocycles. The van der Waals surface area contributed by atoms with E-state index in [0.717, 1.165) is 0 Å². The standard InChI is InChI=1S/C16H16Si.C6H5.C4H6Cl2Si.BrH.Mg/c1-3-17(4-2,15-11-7-5-8-12-15)16-13-9-6-10-14-16;1-2-4-6-5-3-1;1-3-7(5,6)4-2;;/h3-14H,1-2H2;1-5H;3-4H,1-2H2;1H;/q;-1;;;+2/p-1. The van der Waals surface area contributed by atoms with Crippen molar-refractivity contribution in [2.45, 2.75) is 0 Å². The SMILES string of the molecule is C=C[Si](C=C)(c1ccccc1)c1ccccc1.C=C[Si](Cl)(Cl)C=C.[Br-].[Mg+2].[c-]1ccccc1. The van der Waals surface area contributed by atoms with Gasteiger partial charge in [0.2, 0.25) is 0 Å². The first-order valence-electron chi connectivity index (χ1n) is 9.40. The maximum absolute atomic E-state index is 5.57. The maximum atomic E-state index is 5.57. The Bertz CT molecular complexity index is 819. The molecule has 0 unspecified atom stereocenters. The van der Waals surface area contributed by atoms with Crippen molar-refractivity contribution in [2.24, 2.45) is 0 Å². The van der Waals surface area contributed by atoms with Gasteiger partial charge in [-0.15, -0.1) is 48.5 Å². The van der Waals surface area contributed by atoms with Crippen molar-refractivity contribution < 1.29 is 17.0 Å². The molecule has 0 bridgehead atoms. The van der Waals surface area contributed by atoms with Crippen LogP contribution in [0.2, 0.25) is 0 Å². The maximum Gasteiger partial charge on any atom is 2.00 e. The molecule has 0 aromatic heterocycles. The van der Waals surface area contributed by atoms with E-state index in [1.165, 1.54) is 10.4 Å². The molecule has 0 nitrogen and oxygen atoms in total. The van der Waals surface area contributed by atoms with Crippen molar-refractivity contribution >= 4 is 70.4 Å². The second kappa shape index (κ2) is 18.3. The normalized spacial score (nSPS) is 9.56. The first-order valence-corrected chi connectivity index (χ1v) is 15.7. The molecule has 6 heteroatoms. The smallest absolute Gasteiger partial charge is 1.00 e. The van der Waals surface area contributed by atoms with Crippen LogP contribution in [0, 0.1) is 6.07 Å². The Hall–Kier alpha value is -1.12. The fourth-order valence-corrected chi connectivity index (χ4v) is 5.67. The van der Waals surface area contributed by atoms with Gasteiger partial charge in [0, 0.05) is 0 Å². The molecule has 32 heavy (non-hydrogen) atoms. The van der Waals surface area contributed by atoms with Crippen LogP contribution < -0.4 is 27.4 Å². The Morgan fingerprint density at radius 2 is 0.938 bits per heavy atom. The van der Waals surface area contributed by atoms with E-state index in [0.29, 0.717) is 0 Å². The monoisotopic (exact) mass is 568 g/mol. The summed E-state index contributed by atoms with van der Waals surface area (Å²) >= 11 is 11.1. The van der Waals surface area contributed by atoms with E-state index in [9.17, 15) is 0 Å². The van der Waals surface area contributed by atoms with E-state index in [4.69, 9.17) is 22.2 Å². The van der Waals surface area contributed by atoms with Gasteiger partial charge >= 0.3 is 23.1 Å². The summed E-state index contributed by atoms with van der Waals surface area (Å²) in [5, 5.41) is 2.66. The average molecular weight is 571 g/mol. The van der Waals surface area contributed by atoms with Crippen molar-refractivity contribution in [3.05, 3.63) is 146 Å².